The Morgan fingerprint density at radius 3 is 2.20 bits per heavy atom. The lowest BCUT2D eigenvalue weighted by Gasteiger charge is -2.16. The number of carboxylic acid groups (broad SMARTS) is 1. The highest BCUT2D eigenvalue weighted by Gasteiger charge is 2.20. The second-order valence-corrected chi connectivity index (χ2v) is 5.29. The summed E-state index contributed by atoms with van der Waals surface area (Å²) >= 11 is 0. The van der Waals surface area contributed by atoms with Gasteiger partial charge in [0.05, 0.1) is 0 Å². The molecule has 0 fully saturated rings. The Labute approximate surface area is 120 Å². The van der Waals surface area contributed by atoms with Crippen LogP contribution in [0.2, 0.25) is 0 Å². The fourth-order valence-corrected chi connectivity index (χ4v) is 1.72. The van der Waals surface area contributed by atoms with Gasteiger partial charge in [-0.3, -0.25) is 9.59 Å². The molecule has 3 N–H and O–H groups in total. The number of nitrogens with one attached hydrogen (secondary N) is 2. The lowest BCUT2D eigenvalue weighted by molar-refractivity contribution is -0.142. The van der Waals surface area contributed by atoms with Gasteiger partial charge in [-0.1, -0.05) is 20.8 Å². The number of hydrogen-bond acceptors (Lipinski definition) is 3. The van der Waals surface area contributed by atoms with Crippen LogP contribution in [0.4, 0.5) is 0 Å². The molecule has 0 aliphatic heterocycles. The Bertz CT molecular complexity index is 329. The molecule has 0 aliphatic rings. The van der Waals surface area contributed by atoms with Crippen LogP contribution < -0.4 is 10.6 Å². The highest BCUT2D eigenvalue weighted by atomic mass is 16.4. The van der Waals surface area contributed by atoms with E-state index in [1.54, 1.807) is 0 Å². The molecule has 2 amide bonds. The van der Waals surface area contributed by atoms with Crippen molar-refractivity contribution in [1.29, 1.82) is 0 Å². The molecule has 0 aliphatic carbocycles. The fraction of sp³-hybridized carbons (Fsp3) is 0.786. The standard InChI is InChI=1S/C14H26N2O4/c1-4-8-15-12(17)6-5-7-13(18)16-11(14(19)20)9-10(2)3/h10-11H,4-9H2,1-3H3,(H,15,17)(H,16,18)(H,19,20). The number of carbonyl (C=O) groups is 3. The van der Waals surface area contributed by atoms with Crippen LogP contribution in [0.1, 0.15) is 52.9 Å². The first kappa shape index (κ1) is 18.4. The average Bonchev–Trinajstić information content (AvgIpc) is 2.34. The van der Waals surface area contributed by atoms with Crippen LogP contribution in [0.5, 0.6) is 0 Å². The number of carbonyl (C=O) groups excluding carboxylic acids is 2. The Morgan fingerprint density at radius 2 is 1.70 bits per heavy atom. The van der Waals surface area contributed by atoms with Crippen molar-refractivity contribution in [3.63, 3.8) is 0 Å². The fourth-order valence-electron chi connectivity index (χ4n) is 1.72. The van der Waals surface area contributed by atoms with Crippen molar-refractivity contribution >= 4 is 17.8 Å². The molecule has 0 aromatic carbocycles. The van der Waals surface area contributed by atoms with Crippen LogP contribution in [0.25, 0.3) is 0 Å². The number of rotatable bonds is 10. The Hall–Kier alpha value is -1.59. The summed E-state index contributed by atoms with van der Waals surface area (Å²) in [6, 6.07) is -0.851. The molecule has 0 bridgehead atoms. The molecule has 0 spiro atoms. The zero-order chi connectivity index (χ0) is 15.5. The third kappa shape index (κ3) is 9.35. The number of aliphatic carboxylic acids is 1. The van der Waals surface area contributed by atoms with Crippen molar-refractivity contribution in [2.75, 3.05) is 6.54 Å². The summed E-state index contributed by atoms with van der Waals surface area (Å²) in [7, 11) is 0. The van der Waals surface area contributed by atoms with Gasteiger partial charge in [0.25, 0.3) is 0 Å². The normalized spacial score (nSPS) is 12.0. The predicted octanol–water partition coefficient (Wildman–Crippen LogP) is 1.30. The van der Waals surface area contributed by atoms with Gasteiger partial charge in [0.1, 0.15) is 6.04 Å². The van der Waals surface area contributed by atoms with Crippen LogP contribution in [0, 0.1) is 5.92 Å². The van der Waals surface area contributed by atoms with E-state index in [1.165, 1.54) is 0 Å². The first-order valence-electron chi connectivity index (χ1n) is 7.15. The van der Waals surface area contributed by atoms with E-state index in [0.717, 1.165) is 6.42 Å². The summed E-state index contributed by atoms with van der Waals surface area (Å²) in [6.45, 7) is 6.41. The number of carboxylic acids is 1. The summed E-state index contributed by atoms with van der Waals surface area (Å²) in [4.78, 5) is 33.9. The summed E-state index contributed by atoms with van der Waals surface area (Å²) < 4.78 is 0. The molecule has 0 aromatic heterocycles. The molecule has 6 nitrogen and oxygen atoms in total. The van der Waals surface area contributed by atoms with E-state index in [1.807, 2.05) is 20.8 Å². The lowest BCUT2D eigenvalue weighted by atomic mass is 10.0. The second kappa shape index (κ2) is 10.2. The first-order chi connectivity index (χ1) is 9.36. The SMILES string of the molecule is CCCNC(=O)CCCC(=O)NC(CC(C)C)C(=O)O. The molecule has 0 aromatic rings. The minimum Gasteiger partial charge on any atom is -0.480 e. The summed E-state index contributed by atoms with van der Waals surface area (Å²) in [6.07, 6.45) is 2.16. The van der Waals surface area contributed by atoms with Crippen LogP contribution in [0.3, 0.4) is 0 Å². The van der Waals surface area contributed by atoms with E-state index < -0.39 is 12.0 Å². The molecular weight excluding hydrogens is 260 g/mol. The van der Waals surface area contributed by atoms with Crippen molar-refractivity contribution in [2.24, 2.45) is 5.92 Å². The van der Waals surface area contributed by atoms with Gasteiger partial charge in [-0.15, -0.1) is 0 Å². The summed E-state index contributed by atoms with van der Waals surface area (Å²) in [5.41, 5.74) is 0. The van der Waals surface area contributed by atoms with E-state index in [2.05, 4.69) is 10.6 Å². The minimum absolute atomic E-state index is 0.0726. The van der Waals surface area contributed by atoms with Crippen molar-refractivity contribution in [3.05, 3.63) is 0 Å². The van der Waals surface area contributed by atoms with Gasteiger partial charge in [0.2, 0.25) is 11.8 Å². The topological polar surface area (TPSA) is 95.5 Å². The largest absolute Gasteiger partial charge is 0.480 e. The monoisotopic (exact) mass is 286 g/mol. The predicted molar refractivity (Wildman–Crippen MR) is 76.2 cm³/mol. The van der Waals surface area contributed by atoms with Gasteiger partial charge in [0, 0.05) is 19.4 Å². The zero-order valence-corrected chi connectivity index (χ0v) is 12.6. The van der Waals surface area contributed by atoms with Gasteiger partial charge in [-0.05, 0) is 25.2 Å². The maximum absolute atomic E-state index is 11.6. The Kier molecular flexibility index (Phi) is 9.41. The highest BCUT2D eigenvalue weighted by molar-refractivity contribution is 5.84. The van der Waals surface area contributed by atoms with Crippen LogP contribution in [0.15, 0.2) is 0 Å². The second-order valence-electron chi connectivity index (χ2n) is 5.29. The maximum Gasteiger partial charge on any atom is 0.326 e. The van der Waals surface area contributed by atoms with Gasteiger partial charge < -0.3 is 15.7 Å². The highest BCUT2D eigenvalue weighted by Crippen LogP contribution is 2.06. The molecule has 116 valence electrons. The van der Waals surface area contributed by atoms with Crippen LogP contribution in [-0.2, 0) is 14.4 Å². The third-order valence-electron chi connectivity index (χ3n) is 2.72. The van der Waals surface area contributed by atoms with E-state index in [-0.39, 0.29) is 30.6 Å². The van der Waals surface area contributed by atoms with E-state index >= 15 is 0 Å². The molecule has 1 unspecified atom stereocenters. The lowest BCUT2D eigenvalue weighted by Crippen LogP contribution is -2.41. The van der Waals surface area contributed by atoms with E-state index in [4.69, 9.17) is 5.11 Å². The van der Waals surface area contributed by atoms with Crippen molar-refractivity contribution in [3.8, 4) is 0 Å². The third-order valence-corrected chi connectivity index (χ3v) is 2.72. The van der Waals surface area contributed by atoms with Gasteiger partial charge in [-0.25, -0.2) is 4.79 Å². The quantitative estimate of drug-likeness (QED) is 0.564. The first-order valence-corrected chi connectivity index (χ1v) is 7.15. The summed E-state index contributed by atoms with van der Waals surface area (Å²) in [5.74, 6) is -1.22. The van der Waals surface area contributed by atoms with Crippen molar-refractivity contribution in [2.45, 2.75) is 58.9 Å². The van der Waals surface area contributed by atoms with Crippen LogP contribution >= 0.6 is 0 Å². The van der Waals surface area contributed by atoms with Gasteiger partial charge in [0.15, 0.2) is 0 Å². The maximum atomic E-state index is 11.6. The molecule has 6 heteroatoms. The molecule has 1 atom stereocenters. The zero-order valence-electron chi connectivity index (χ0n) is 12.6. The Morgan fingerprint density at radius 1 is 1.10 bits per heavy atom. The molecule has 20 heavy (non-hydrogen) atoms. The van der Waals surface area contributed by atoms with E-state index in [9.17, 15) is 14.4 Å². The molecule has 0 saturated heterocycles. The average molecular weight is 286 g/mol. The van der Waals surface area contributed by atoms with Gasteiger partial charge in [-0.2, -0.15) is 0 Å². The molecule has 0 radical (unpaired) electrons. The number of hydrogen-bond donors (Lipinski definition) is 3. The van der Waals surface area contributed by atoms with Crippen molar-refractivity contribution in [1.82, 2.24) is 10.6 Å². The van der Waals surface area contributed by atoms with Crippen molar-refractivity contribution < 1.29 is 19.5 Å². The molecule has 0 heterocycles. The van der Waals surface area contributed by atoms with Crippen LogP contribution in [-0.4, -0.2) is 35.5 Å². The van der Waals surface area contributed by atoms with Gasteiger partial charge >= 0.3 is 5.97 Å². The Balaban J connectivity index is 3.96. The summed E-state index contributed by atoms with van der Waals surface area (Å²) in [5, 5.41) is 14.2. The molecule has 0 rings (SSSR count). The molecular formula is C14H26N2O4. The smallest absolute Gasteiger partial charge is 0.326 e. The van der Waals surface area contributed by atoms with E-state index in [0.29, 0.717) is 19.4 Å². The number of amides is 2. The molecule has 0 saturated carbocycles. The minimum atomic E-state index is -1.02.